The third-order valence-electron chi connectivity index (χ3n) is 5.09. The van der Waals surface area contributed by atoms with Gasteiger partial charge in [0.05, 0.1) is 18.6 Å². The highest BCUT2D eigenvalue weighted by atomic mass is 16.5. The second-order valence-electron chi connectivity index (χ2n) is 6.70. The Hall–Kier alpha value is -3.19. The van der Waals surface area contributed by atoms with E-state index in [1.807, 2.05) is 30.3 Å². The molecule has 2 aromatic carbocycles. The van der Waals surface area contributed by atoms with Crippen molar-refractivity contribution in [2.75, 3.05) is 20.8 Å². The quantitative estimate of drug-likeness (QED) is 0.648. The molecule has 0 bridgehead atoms. The summed E-state index contributed by atoms with van der Waals surface area (Å²) >= 11 is 0. The van der Waals surface area contributed by atoms with Gasteiger partial charge in [0.15, 0.2) is 5.76 Å². The number of esters is 1. The molecule has 0 saturated carbocycles. The molecule has 1 aliphatic rings. The molecule has 0 unspecified atom stereocenters. The lowest BCUT2D eigenvalue weighted by atomic mass is 10.1. The maximum atomic E-state index is 13.2. The van der Waals surface area contributed by atoms with E-state index < -0.39 is 12.0 Å². The zero-order chi connectivity index (χ0) is 19.7. The summed E-state index contributed by atoms with van der Waals surface area (Å²) in [4.78, 5) is 26.8. The minimum absolute atomic E-state index is 0.202. The number of amides is 1. The average Bonchev–Trinajstić information content (AvgIpc) is 3.37. The molecule has 1 amide bonds. The van der Waals surface area contributed by atoms with Gasteiger partial charge in [0.2, 0.25) is 0 Å². The van der Waals surface area contributed by atoms with Crippen LogP contribution in [-0.2, 0) is 14.3 Å². The van der Waals surface area contributed by atoms with Gasteiger partial charge in [-0.3, -0.25) is 4.79 Å². The first-order valence-electron chi connectivity index (χ1n) is 8.99. The van der Waals surface area contributed by atoms with Gasteiger partial charge in [0, 0.05) is 31.2 Å². The zero-order valence-corrected chi connectivity index (χ0v) is 15.6. The van der Waals surface area contributed by atoms with Crippen LogP contribution in [-0.4, -0.2) is 54.8 Å². The van der Waals surface area contributed by atoms with Crippen molar-refractivity contribution in [2.45, 2.75) is 18.6 Å². The number of nitrogens with zero attached hydrogens (tertiary/aromatic N) is 2. The van der Waals surface area contributed by atoms with Crippen molar-refractivity contribution in [2.24, 2.45) is 0 Å². The van der Waals surface area contributed by atoms with Crippen LogP contribution in [0.25, 0.3) is 22.2 Å². The Morgan fingerprint density at radius 1 is 1.14 bits per heavy atom. The number of hydrogen-bond acceptors (Lipinski definition) is 6. The predicted octanol–water partition coefficient (Wildman–Crippen LogP) is 2.90. The van der Waals surface area contributed by atoms with Crippen LogP contribution in [0.3, 0.4) is 0 Å². The smallest absolute Gasteiger partial charge is 0.328 e. The molecule has 2 heterocycles. The first-order valence-corrected chi connectivity index (χ1v) is 8.99. The lowest BCUT2D eigenvalue weighted by Crippen LogP contribution is -2.41. The van der Waals surface area contributed by atoms with E-state index in [2.05, 4.69) is 5.16 Å². The first kappa shape index (κ1) is 18.2. The molecule has 2 atom stereocenters. The number of methoxy groups -OCH3 is 2. The van der Waals surface area contributed by atoms with Crippen LogP contribution in [0.4, 0.5) is 0 Å². The SMILES string of the molecule is COC(=O)[C@H]1C[C@H](OC)CN1C(=O)c1ccc2noc(-c3ccccc3)c2c1. The van der Waals surface area contributed by atoms with Crippen molar-refractivity contribution < 1.29 is 23.6 Å². The Balaban J connectivity index is 1.70. The molecular weight excluding hydrogens is 360 g/mol. The number of hydrogen-bond donors (Lipinski definition) is 0. The largest absolute Gasteiger partial charge is 0.467 e. The Labute approximate surface area is 161 Å². The molecule has 4 rings (SSSR count). The topological polar surface area (TPSA) is 81.9 Å². The number of aromatic nitrogens is 1. The van der Waals surface area contributed by atoms with Gasteiger partial charge in [-0.25, -0.2) is 4.79 Å². The predicted molar refractivity (Wildman–Crippen MR) is 102 cm³/mol. The van der Waals surface area contributed by atoms with Crippen molar-refractivity contribution in [3.8, 4) is 11.3 Å². The Morgan fingerprint density at radius 3 is 2.64 bits per heavy atom. The normalized spacial score (nSPS) is 19.1. The van der Waals surface area contributed by atoms with Gasteiger partial charge in [0.25, 0.3) is 5.91 Å². The third-order valence-corrected chi connectivity index (χ3v) is 5.09. The van der Waals surface area contributed by atoms with Crippen molar-refractivity contribution >= 4 is 22.8 Å². The Bertz CT molecular complexity index is 1010. The Kier molecular flexibility index (Phi) is 4.83. The summed E-state index contributed by atoms with van der Waals surface area (Å²) in [6, 6.07) is 14.1. The average molecular weight is 380 g/mol. The lowest BCUT2D eigenvalue weighted by molar-refractivity contribution is -0.145. The summed E-state index contributed by atoms with van der Waals surface area (Å²) in [5.74, 6) is -0.0908. The number of carbonyl (C=O) groups is 2. The van der Waals surface area contributed by atoms with Gasteiger partial charge in [-0.2, -0.15) is 0 Å². The molecule has 0 radical (unpaired) electrons. The highest BCUT2D eigenvalue weighted by Crippen LogP contribution is 2.30. The van der Waals surface area contributed by atoms with Crippen LogP contribution >= 0.6 is 0 Å². The molecular formula is C21H20N2O5. The van der Waals surface area contributed by atoms with Crippen LogP contribution in [0.5, 0.6) is 0 Å². The van der Waals surface area contributed by atoms with Crippen LogP contribution in [0, 0.1) is 0 Å². The molecule has 28 heavy (non-hydrogen) atoms. The number of ether oxygens (including phenoxy) is 2. The minimum atomic E-state index is -0.658. The summed E-state index contributed by atoms with van der Waals surface area (Å²) < 4.78 is 15.7. The summed E-state index contributed by atoms with van der Waals surface area (Å²) in [5.41, 5.74) is 2.00. The van der Waals surface area contributed by atoms with Crippen molar-refractivity contribution in [3.05, 3.63) is 54.1 Å². The van der Waals surface area contributed by atoms with Crippen LogP contribution in [0.1, 0.15) is 16.8 Å². The molecule has 0 spiro atoms. The van der Waals surface area contributed by atoms with E-state index in [4.69, 9.17) is 14.0 Å². The second kappa shape index (κ2) is 7.44. The molecule has 144 valence electrons. The van der Waals surface area contributed by atoms with E-state index in [1.165, 1.54) is 12.0 Å². The van der Waals surface area contributed by atoms with Gasteiger partial charge in [-0.15, -0.1) is 0 Å². The molecule has 0 aliphatic carbocycles. The molecule has 0 N–H and O–H groups in total. The van der Waals surface area contributed by atoms with E-state index in [9.17, 15) is 9.59 Å². The van der Waals surface area contributed by atoms with Crippen molar-refractivity contribution in [3.63, 3.8) is 0 Å². The van der Waals surface area contributed by atoms with E-state index in [1.54, 1.807) is 25.3 Å². The van der Waals surface area contributed by atoms with Crippen LogP contribution < -0.4 is 0 Å². The number of fused-ring (bicyclic) bond motifs is 1. The molecule has 1 aromatic heterocycles. The summed E-state index contributed by atoms with van der Waals surface area (Å²) in [7, 11) is 2.89. The maximum Gasteiger partial charge on any atom is 0.328 e. The van der Waals surface area contributed by atoms with Crippen molar-refractivity contribution in [1.82, 2.24) is 10.1 Å². The maximum absolute atomic E-state index is 13.2. The number of carbonyl (C=O) groups excluding carboxylic acids is 2. The lowest BCUT2D eigenvalue weighted by Gasteiger charge is -2.22. The molecule has 7 heteroatoms. The second-order valence-corrected chi connectivity index (χ2v) is 6.70. The number of rotatable bonds is 4. The van der Waals surface area contributed by atoms with Gasteiger partial charge < -0.3 is 18.9 Å². The van der Waals surface area contributed by atoms with E-state index in [0.717, 1.165) is 10.9 Å². The molecule has 1 fully saturated rings. The van der Waals surface area contributed by atoms with Crippen molar-refractivity contribution in [1.29, 1.82) is 0 Å². The minimum Gasteiger partial charge on any atom is -0.467 e. The van der Waals surface area contributed by atoms with Crippen LogP contribution in [0.15, 0.2) is 53.1 Å². The molecule has 1 aliphatic heterocycles. The van der Waals surface area contributed by atoms with Gasteiger partial charge in [0.1, 0.15) is 11.6 Å². The summed E-state index contributed by atoms with van der Waals surface area (Å²) in [6.45, 7) is 0.336. The standard InChI is InChI=1S/C21H20N2O5/c1-26-15-11-18(21(25)27-2)23(12-15)20(24)14-8-9-17-16(10-14)19(28-22-17)13-6-4-3-5-7-13/h3-10,15,18H,11-12H2,1-2H3/t15-,18+/m0/s1. The molecule has 1 saturated heterocycles. The van der Waals surface area contributed by atoms with Crippen LogP contribution in [0.2, 0.25) is 0 Å². The highest BCUT2D eigenvalue weighted by Gasteiger charge is 2.40. The monoisotopic (exact) mass is 380 g/mol. The summed E-state index contributed by atoms with van der Waals surface area (Å²) in [5, 5.41) is 4.83. The molecule has 7 nitrogen and oxygen atoms in total. The number of likely N-dealkylation sites (tertiary alicyclic amines) is 1. The number of benzene rings is 2. The van der Waals surface area contributed by atoms with E-state index in [0.29, 0.717) is 29.8 Å². The first-order chi connectivity index (χ1) is 13.6. The highest BCUT2D eigenvalue weighted by molar-refractivity contribution is 6.02. The Morgan fingerprint density at radius 2 is 1.93 bits per heavy atom. The molecule has 3 aromatic rings. The van der Waals surface area contributed by atoms with E-state index in [-0.39, 0.29) is 12.0 Å². The fraction of sp³-hybridized carbons (Fsp3) is 0.286. The van der Waals surface area contributed by atoms with Gasteiger partial charge in [-0.05, 0) is 18.2 Å². The van der Waals surface area contributed by atoms with Gasteiger partial charge >= 0.3 is 5.97 Å². The fourth-order valence-electron chi connectivity index (χ4n) is 3.59. The van der Waals surface area contributed by atoms with Gasteiger partial charge in [-0.1, -0.05) is 35.5 Å². The third kappa shape index (κ3) is 3.14. The fourth-order valence-corrected chi connectivity index (χ4v) is 3.59. The zero-order valence-electron chi connectivity index (χ0n) is 15.6. The summed E-state index contributed by atoms with van der Waals surface area (Å²) in [6.07, 6.45) is 0.215. The van der Waals surface area contributed by atoms with E-state index >= 15 is 0 Å².